The molecule has 0 spiro atoms. The molecule has 0 saturated carbocycles. The highest BCUT2D eigenvalue weighted by molar-refractivity contribution is 9.10. The van der Waals surface area contributed by atoms with Crippen LogP contribution in [-0.2, 0) is 4.74 Å². The molecule has 28 heavy (non-hydrogen) atoms. The normalized spacial score (nSPS) is 11.2. The zero-order valence-electron chi connectivity index (χ0n) is 16.9. The van der Waals surface area contributed by atoms with E-state index in [9.17, 15) is 9.59 Å². The molecule has 2 rings (SSSR count). The van der Waals surface area contributed by atoms with Crippen molar-refractivity contribution in [1.29, 1.82) is 0 Å². The predicted octanol–water partition coefficient (Wildman–Crippen LogP) is 3.90. The number of hydrogen-bond donors (Lipinski definition) is 2. The van der Waals surface area contributed by atoms with Gasteiger partial charge in [0.1, 0.15) is 5.60 Å². The second-order valence-electron chi connectivity index (χ2n) is 7.48. The standard InChI is InChI=1S/C20H27BrN4O3/c1-13-17(21)14(2)25(24-13)16-9-7-15(8-10-16)18(26)22-11-6-12-23-19(27)28-20(3,4)5/h7-10H,6,11-12H2,1-5H3,(H,22,26)(H,23,27). The second-order valence-corrected chi connectivity index (χ2v) is 8.27. The Kier molecular flexibility index (Phi) is 7.23. The van der Waals surface area contributed by atoms with Gasteiger partial charge in [0.15, 0.2) is 0 Å². The van der Waals surface area contributed by atoms with E-state index in [4.69, 9.17) is 4.74 Å². The minimum atomic E-state index is -0.520. The van der Waals surface area contributed by atoms with Crippen molar-refractivity contribution in [3.05, 3.63) is 45.7 Å². The first-order valence-electron chi connectivity index (χ1n) is 9.15. The molecule has 0 unspecified atom stereocenters. The average molecular weight is 451 g/mol. The number of alkyl carbamates (subject to hydrolysis) is 1. The van der Waals surface area contributed by atoms with Crippen LogP contribution in [0.4, 0.5) is 4.79 Å². The molecular formula is C20H27BrN4O3. The Labute approximate surface area is 174 Å². The van der Waals surface area contributed by atoms with Gasteiger partial charge in [-0.25, -0.2) is 9.48 Å². The van der Waals surface area contributed by atoms with Gasteiger partial charge < -0.3 is 15.4 Å². The van der Waals surface area contributed by atoms with E-state index in [1.54, 1.807) is 12.1 Å². The lowest BCUT2D eigenvalue weighted by atomic mass is 10.2. The molecule has 0 atom stereocenters. The number of aryl methyl sites for hydroxylation is 1. The summed E-state index contributed by atoms with van der Waals surface area (Å²) in [6, 6.07) is 7.28. The minimum Gasteiger partial charge on any atom is -0.444 e. The highest BCUT2D eigenvalue weighted by atomic mass is 79.9. The summed E-state index contributed by atoms with van der Waals surface area (Å²) in [4.78, 5) is 23.8. The topological polar surface area (TPSA) is 85.3 Å². The van der Waals surface area contributed by atoms with Crippen LogP contribution in [0.3, 0.4) is 0 Å². The van der Waals surface area contributed by atoms with Crippen molar-refractivity contribution >= 4 is 27.9 Å². The lowest BCUT2D eigenvalue weighted by Crippen LogP contribution is -2.34. The van der Waals surface area contributed by atoms with Gasteiger partial charge in [-0.05, 0) is 81.2 Å². The number of nitrogens with zero attached hydrogens (tertiary/aromatic N) is 2. The summed E-state index contributed by atoms with van der Waals surface area (Å²) < 4.78 is 7.97. The van der Waals surface area contributed by atoms with Crippen LogP contribution in [0, 0.1) is 13.8 Å². The van der Waals surface area contributed by atoms with E-state index in [1.807, 2.05) is 51.4 Å². The van der Waals surface area contributed by atoms with Gasteiger partial charge in [0.2, 0.25) is 0 Å². The Hall–Kier alpha value is -2.35. The second kappa shape index (κ2) is 9.23. The molecule has 1 aromatic heterocycles. The van der Waals surface area contributed by atoms with Crippen LogP contribution in [0.1, 0.15) is 48.9 Å². The Bertz CT molecular complexity index is 838. The maximum Gasteiger partial charge on any atom is 0.407 e. The number of amides is 2. The lowest BCUT2D eigenvalue weighted by Gasteiger charge is -2.19. The van der Waals surface area contributed by atoms with Crippen LogP contribution in [0.5, 0.6) is 0 Å². The summed E-state index contributed by atoms with van der Waals surface area (Å²) in [5.74, 6) is -0.154. The summed E-state index contributed by atoms with van der Waals surface area (Å²) in [6.07, 6.45) is 0.160. The monoisotopic (exact) mass is 450 g/mol. The van der Waals surface area contributed by atoms with Gasteiger partial charge in [-0.2, -0.15) is 5.10 Å². The third-order valence-corrected chi connectivity index (χ3v) is 5.03. The third-order valence-electron chi connectivity index (χ3n) is 3.88. The maximum absolute atomic E-state index is 12.2. The molecule has 2 aromatic rings. The summed E-state index contributed by atoms with van der Waals surface area (Å²) in [7, 11) is 0. The van der Waals surface area contributed by atoms with E-state index in [2.05, 4.69) is 31.7 Å². The number of ether oxygens (including phenoxy) is 1. The average Bonchev–Trinajstić information content (AvgIpc) is 2.87. The molecule has 1 aromatic carbocycles. The molecule has 1 heterocycles. The first-order valence-corrected chi connectivity index (χ1v) is 9.95. The van der Waals surface area contributed by atoms with Crippen molar-refractivity contribution in [2.24, 2.45) is 0 Å². The molecule has 7 nitrogen and oxygen atoms in total. The Morgan fingerprint density at radius 3 is 2.25 bits per heavy atom. The van der Waals surface area contributed by atoms with Gasteiger partial charge in [-0.15, -0.1) is 0 Å². The van der Waals surface area contributed by atoms with Crippen molar-refractivity contribution in [3.8, 4) is 5.69 Å². The Morgan fingerprint density at radius 2 is 1.71 bits per heavy atom. The number of rotatable bonds is 6. The van der Waals surface area contributed by atoms with Crippen LogP contribution < -0.4 is 10.6 Å². The van der Waals surface area contributed by atoms with Gasteiger partial charge in [0, 0.05) is 18.7 Å². The van der Waals surface area contributed by atoms with Gasteiger partial charge in [-0.1, -0.05) is 0 Å². The molecule has 0 bridgehead atoms. The quantitative estimate of drug-likeness (QED) is 0.653. The lowest BCUT2D eigenvalue weighted by molar-refractivity contribution is 0.0527. The highest BCUT2D eigenvalue weighted by Gasteiger charge is 2.15. The fraction of sp³-hybridized carbons (Fsp3) is 0.450. The Morgan fingerprint density at radius 1 is 1.11 bits per heavy atom. The summed E-state index contributed by atoms with van der Waals surface area (Å²) in [5, 5.41) is 9.99. The first kappa shape index (κ1) is 21.9. The number of nitrogens with one attached hydrogen (secondary N) is 2. The van der Waals surface area contributed by atoms with Gasteiger partial charge in [0.25, 0.3) is 5.91 Å². The Balaban J connectivity index is 1.80. The fourth-order valence-electron chi connectivity index (χ4n) is 2.53. The molecule has 152 valence electrons. The van der Waals surface area contributed by atoms with Crippen LogP contribution in [0.2, 0.25) is 0 Å². The molecule has 2 N–H and O–H groups in total. The predicted molar refractivity (Wildman–Crippen MR) is 112 cm³/mol. The van der Waals surface area contributed by atoms with Crippen molar-refractivity contribution in [1.82, 2.24) is 20.4 Å². The molecule has 0 aliphatic heterocycles. The van der Waals surface area contributed by atoms with E-state index >= 15 is 0 Å². The van der Waals surface area contributed by atoms with Crippen molar-refractivity contribution in [3.63, 3.8) is 0 Å². The molecule has 8 heteroatoms. The van der Waals surface area contributed by atoms with Crippen molar-refractivity contribution < 1.29 is 14.3 Å². The van der Waals surface area contributed by atoms with Crippen LogP contribution in [0.25, 0.3) is 5.69 Å². The molecular weight excluding hydrogens is 424 g/mol. The minimum absolute atomic E-state index is 0.154. The van der Waals surface area contributed by atoms with E-state index in [-0.39, 0.29) is 5.91 Å². The molecule has 0 aliphatic carbocycles. The van der Waals surface area contributed by atoms with E-state index in [0.717, 1.165) is 21.5 Å². The number of aromatic nitrogens is 2. The maximum atomic E-state index is 12.2. The number of halogens is 1. The van der Waals surface area contributed by atoms with E-state index < -0.39 is 11.7 Å². The zero-order valence-corrected chi connectivity index (χ0v) is 18.5. The van der Waals surface area contributed by atoms with Crippen LogP contribution in [-0.4, -0.2) is 40.5 Å². The molecule has 2 amide bonds. The van der Waals surface area contributed by atoms with Gasteiger partial charge in [-0.3, -0.25) is 4.79 Å². The number of carbonyl (C=O) groups is 2. The number of hydrogen-bond acceptors (Lipinski definition) is 4. The van der Waals surface area contributed by atoms with E-state index in [1.165, 1.54) is 0 Å². The first-order chi connectivity index (χ1) is 13.1. The van der Waals surface area contributed by atoms with Crippen molar-refractivity contribution in [2.45, 2.75) is 46.6 Å². The smallest absolute Gasteiger partial charge is 0.407 e. The van der Waals surface area contributed by atoms with Gasteiger partial charge >= 0.3 is 6.09 Å². The number of carbonyl (C=O) groups excluding carboxylic acids is 2. The molecule has 0 radical (unpaired) electrons. The molecule has 0 fully saturated rings. The summed E-state index contributed by atoms with van der Waals surface area (Å²) >= 11 is 3.52. The highest BCUT2D eigenvalue weighted by Crippen LogP contribution is 2.23. The zero-order chi connectivity index (χ0) is 20.9. The van der Waals surface area contributed by atoms with E-state index in [0.29, 0.717) is 25.1 Å². The summed E-state index contributed by atoms with van der Waals surface area (Å²) in [6.45, 7) is 10.2. The largest absolute Gasteiger partial charge is 0.444 e. The fourth-order valence-corrected chi connectivity index (χ4v) is 2.77. The van der Waals surface area contributed by atoms with Gasteiger partial charge in [0.05, 0.1) is 21.5 Å². The molecule has 0 aliphatic rings. The SMILES string of the molecule is Cc1nn(-c2ccc(C(=O)NCCCNC(=O)OC(C)(C)C)cc2)c(C)c1Br. The third kappa shape index (κ3) is 6.09. The van der Waals surface area contributed by atoms with Crippen LogP contribution in [0.15, 0.2) is 28.7 Å². The number of benzene rings is 1. The van der Waals surface area contributed by atoms with Crippen LogP contribution >= 0.6 is 15.9 Å². The summed E-state index contributed by atoms with van der Waals surface area (Å²) in [5.41, 5.74) is 2.87. The van der Waals surface area contributed by atoms with Crippen molar-refractivity contribution in [2.75, 3.05) is 13.1 Å². The molecule has 0 saturated heterocycles.